The number of rotatable bonds is 8. The maximum absolute atomic E-state index is 11.6. The predicted octanol–water partition coefficient (Wildman–Crippen LogP) is 1.56. The average Bonchev–Trinajstić information content (AvgIpc) is 2.55. The van der Waals surface area contributed by atoms with Gasteiger partial charge in [-0.2, -0.15) is 0 Å². The Morgan fingerprint density at radius 3 is 2.45 bits per heavy atom. The van der Waals surface area contributed by atoms with Crippen LogP contribution in [-0.2, 0) is 16.0 Å². The topological polar surface area (TPSA) is 72.0 Å². The Hall–Kier alpha value is -2.08. The fourth-order valence-corrected chi connectivity index (χ4v) is 1.77. The van der Waals surface area contributed by atoms with Crippen molar-refractivity contribution in [2.45, 2.75) is 20.4 Å². The average molecular weight is 307 g/mol. The van der Waals surface area contributed by atoms with Crippen molar-refractivity contribution in [3.8, 4) is 0 Å². The van der Waals surface area contributed by atoms with E-state index < -0.39 is 0 Å². The van der Waals surface area contributed by atoms with Crippen molar-refractivity contribution in [3.05, 3.63) is 35.4 Å². The highest BCUT2D eigenvalue weighted by Gasteiger charge is 2.05. The van der Waals surface area contributed by atoms with Gasteiger partial charge in [-0.05, 0) is 31.5 Å². The molecule has 22 heavy (non-hydrogen) atoms. The molecule has 0 aliphatic heterocycles. The molecule has 0 atom stereocenters. The molecule has 0 fully saturated rings. The third kappa shape index (κ3) is 6.58. The van der Waals surface area contributed by atoms with E-state index in [9.17, 15) is 4.79 Å². The number of carbonyl (C=O) groups excluding carboxylic acids is 1. The number of nitrogens with one attached hydrogen (secondary N) is 2. The Morgan fingerprint density at radius 1 is 1.14 bits per heavy atom. The van der Waals surface area contributed by atoms with E-state index in [4.69, 9.17) is 9.47 Å². The van der Waals surface area contributed by atoms with Crippen LogP contribution < -0.4 is 10.6 Å². The molecule has 0 aliphatic rings. The lowest BCUT2D eigenvalue weighted by Gasteiger charge is -2.12. The summed E-state index contributed by atoms with van der Waals surface area (Å²) < 4.78 is 10.2. The molecule has 1 aromatic carbocycles. The molecular formula is C16H25N3O3. The SMILES string of the molecule is CCOCCNC(=NC)NCc1ccc(C(=O)OCC)cc1. The number of aliphatic imine (C=N–C) groups is 1. The Balaban J connectivity index is 2.41. The van der Waals surface area contributed by atoms with Crippen LogP contribution in [0.15, 0.2) is 29.3 Å². The molecule has 122 valence electrons. The lowest BCUT2D eigenvalue weighted by molar-refractivity contribution is 0.0526. The summed E-state index contributed by atoms with van der Waals surface area (Å²) in [5, 5.41) is 6.36. The molecule has 0 spiro atoms. The van der Waals surface area contributed by atoms with Gasteiger partial charge in [0.1, 0.15) is 0 Å². The second-order valence-corrected chi connectivity index (χ2v) is 4.47. The summed E-state index contributed by atoms with van der Waals surface area (Å²) in [6.07, 6.45) is 0. The van der Waals surface area contributed by atoms with Crippen LogP contribution in [0.3, 0.4) is 0 Å². The lowest BCUT2D eigenvalue weighted by atomic mass is 10.1. The largest absolute Gasteiger partial charge is 0.462 e. The summed E-state index contributed by atoms with van der Waals surface area (Å²) in [6.45, 7) is 6.82. The van der Waals surface area contributed by atoms with E-state index in [-0.39, 0.29) is 5.97 Å². The van der Waals surface area contributed by atoms with E-state index >= 15 is 0 Å². The first-order valence-electron chi connectivity index (χ1n) is 7.49. The van der Waals surface area contributed by atoms with E-state index in [1.165, 1.54) is 0 Å². The van der Waals surface area contributed by atoms with Crippen LogP contribution in [0.4, 0.5) is 0 Å². The summed E-state index contributed by atoms with van der Waals surface area (Å²) >= 11 is 0. The lowest BCUT2D eigenvalue weighted by Crippen LogP contribution is -2.38. The van der Waals surface area contributed by atoms with E-state index in [1.54, 1.807) is 26.1 Å². The standard InChI is InChI=1S/C16H25N3O3/c1-4-21-11-10-18-16(17-3)19-12-13-6-8-14(9-7-13)15(20)22-5-2/h6-9H,4-5,10-12H2,1-3H3,(H2,17,18,19). The van der Waals surface area contributed by atoms with Crippen molar-refractivity contribution in [2.75, 3.05) is 33.4 Å². The molecule has 0 heterocycles. The first kappa shape index (κ1) is 18.0. The van der Waals surface area contributed by atoms with Gasteiger partial charge >= 0.3 is 5.97 Å². The molecule has 6 nitrogen and oxygen atoms in total. The fraction of sp³-hybridized carbons (Fsp3) is 0.500. The van der Waals surface area contributed by atoms with Gasteiger partial charge in [0.05, 0.1) is 18.8 Å². The highest BCUT2D eigenvalue weighted by Crippen LogP contribution is 2.06. The van der Waals surface area contributed by atoms with Crippen molar-refractivity contribution in [3.63, 3.8) is 0 Å². The highest BCUT2D eigenvalue weighted by atomic mass is 16.5. The van der Waals surface area contributed by atoms with Crippen LogP contribution in [0.5, 0.6) is 0 Å². The van der Waals surface area contributed by atoms with E-state index in [0.717, 1.165) is 5.56 Å². The normalized spacial score (nSPS) is 11.1. The first-order chi connectivity index (χ1) is 10.7. The summed E-state index contributed by atoms with van der Waals surface area (Å²) in [6, 6.07) is 7.32. The van der Waals surface area contributed by atoms with Gasteiger partial charge in [-0.15, -0.1) is 0 Å². The van der Waals surface area contributed by atoms with E-state index in [1.807, 2.05) is 19.1 Å². The molecule has 2 N–H and O–H groups in total. The zero-order chi connectivity index (χ0) is 16.2. The number of hydrogen-bond donors (Lipinski definition) is 2. The Morgan fingerprint density at radius 2 is 1.86 bits per heavy atom. The number of hydrogen-bond acceptors (Lipinski definition) is 4. The van der Waals surface area contributed by atoms with Crippen molar-refractivity contribution >= 4 is 11.9 Å². The first-order valence-corrected chi connectivity index (χ1v) is 7.49. The van der Waals surface area contributed by atoms with Gasteiger partial charge in [0.25, 0.3) is 0 Å². The fourth-order valence-electron chi connectivity index (χ4n) is 1.77. The molecule has 0 saturated carbocycles. The van der Waals surface area contributed by atoms with Crippen LogP contribution in [0.25, 0.3) is 0 Å². The van der Waals surface area contributed by atoms with Gasteiger partial charge < -0.3 is 20.1 Å². The number of carbonyl (C=O) groups is 1. The third-order valence-electron chi connectivity index (χ3n) is 2.89. The molecule has 0 aromatic heterocycles. The quantitative estimate of drug-likeness (QED) is 0.330. The van der Waals surface area contributed by atoms with Gasteiger partial charge in [-0.25, -0.2) is 4.79 Å². The van der Waals surface area contributed by atoms with Crippen LogP contribution in [0, 0.1) is 0 Å². The molecule has 0 unspecified atom stereocenters. The molecule has 0 radical (unpaired) electrons. The highest BCUT2D eigenvalue weighted by molar-refractivity contribution is 5.89. The maximum atomic E-state index is 11.6. The summed E-state index contributed by atoms with van der Waals surface area (Å²) in [7, 11) is 1.72. The van der Waals surface area contributed by atoms with Crippen LogP contribution >= 0.6 is 0 Å². The molecule has 0 amide bonds. The third-order valence-corrected chi connectivity index (χ3v) is 2.89. The number of benzene rings is 1. The minimum Gasteiger partial charge on any atom is -0.462 e. The zero-order valence-electron chi connectivity index (χ0n) is 13.5. The summed E-state index contributed by atoms with van der Waals surface area (Å²) in [5.74, 6) is 0.421. The van der Waals surface area contributed by atoms with Gasteiger partial charge in [0, 0.05) is 26.7 Å². The van der Waals surface area contributed by atoms with Crippen LogP contribution in [-0.4, -0.2) is 45.3 Å². The van der Waals surface area contributed by atoms with Crippen molar-refractivity contribution < 1.29 is 14.3 Å². The number of nitrogens with zero attached hydrogens (tertiary/aromatic N) is 1. The molecular weight excluding hydrogens is 282 g/mol. The Kier molecular flexibility index (Phi) is 8.67. The van der Waals surface area contributed by atoms with Gasteiger partial charge in [0.15, 0.2) is 5.96 Å². The maximum Gasteiger partial charge on any atom is 0.338 e. The van der Waals surface area contributed by atoms with Crippen molar-refractivity contribution in [2.24, 2.45) is 4.99 Å². The molecule has 0 aliphatic carbocycles. The second-order valence-electron chi connectivity index (χ2n) is 4.47. The minimum atomic E-state index is -0.296. The predicted molar refractivity (Wildman–Crippen MR) is 87.1 cm³/mol. The molecule has 0 bridgehead atoms. The van der Waals surface area contributed by atoms with E-state index in [2.05, 4.69) is 15.6 Å². The van der Waals surface area contributed by atoms with Gasteiger partial charge in [-0.3, -0.25) is 4.99 Å². The minimum absolute atomic E-state index is 0.296. The van der Waals surface area contributed by atoms with Crippen molar-refractivity contribution in [1.29, 1.82) is 0 Å². The Labute approximate surface area is 131 Å². The molecule has 1 aromatic rings. The monoisotopic (exact) mass is 307 g/mol. The summed E-state index contributed by atoms with van der Waals surface area (Å²) in [5.41, 5.74) is 1.62. The summed E-state index contributed by atoms with van der Waals surface area (Å²) in [4.78, 5) is 15.7. The number of guanidine groups is 1. The van der Waals surface area contributed by atoms with Gasteiger partial charge in [0.2, 0.25) is 0 Å². The molecule has 0 saturated heterocycles. The number of esters is 1. The molecule has 1 rings (SSSR count). The van der Waals surface area contributed by atoms with Gasteiger partial charge in [-0.1, -0.05) is 12.1 Å². The number of ether oxygens (including phenoxy) is 2. The second kappa shape index (κ2) is 10.6. The molecule has 6 heteroatoms. The van der Waals surface area contributed by atoms with Crippen LogP contribution in [0.1, 0.15) is 29.8 Å². The Bertz CT molecular complexity index is 472. The van der Waals surface area contributed by atoms with Crippen LogP contribution in [0.2, 0.25) is 0 Å². The van der Waals surface area contributed by atoms with Crippen molar-refractivity contribution in [1.82, 2.24) is 10.6 Å². The smallest absolute Gasteiger partial charge is 0.338 e. The zero-order valence-corrected chi connectivity index (χ0v) is 13.5. The van der Waals surface area contributed by atoms with E-state index in [0.29, 0.717) is 44.4 Å².